The van der Waals surface area contributed by atoms with E-state index < -0.39 is 120 Å². The highest BCUT2D eigenvalue weighted by molar-refractivity contribution is 7.79. The molecular formula is C21H41N7O16S. The predicted molar refractivity (Wildman–Crippen MR) is 147 cm³/mol. The third-order valence-corrected chi connectivity index (χ3v) is 7.34. The predicted octanol–water partition coefficient (Wildman–Crippen LogP) is -8.81. The number of carbonyl (C=O) groups excluding carboxylic acids is 1. The van der Waals surface area contributed by atoms with Crippen LogP contribution in [0.2, 0.25) is 0 Å². The zero-order valence-corrected chi connectivity index (χ0v) is 24.7. The highest BCUT2D eigenvalue weighted by Gasteiger charge is 2.60. The van der Waals surface area contributed by atoms with Crippen molar-refractivity contribution in [2.24, 2.45) is 32.9 Å². The summed E-state index contributed by atoms with van der Waals surface area (Å²) in [6.45, 7) is 0.620. The largest absolute Gasteiger partial charge is 0.394 e. The number of hydrogen-bond donors (Lipinski definition) is 14. The number of hydrogen-bond acceptors (Lipinski definition) is 17. The minimum atomic E-state index is -4.67. The fourth-order valence-electron chi connectivity index (χ4n) is 5.08. The number of rotatable bonds is 9. The maximum absolute atomic E-state index is 12.1. The van der Waals surface area contributed by atoms with Crippen molar-refractivity contribution < 1.29 is 77.0 Å². The van der Waals surface area contributed by atoms with Gasteiger partial charge in [0, 0.05) is 0 Å². The summed E-state index contributed by atoms with van der Waals surface area (Å²) < 4.78 is 54.5. The first kappa shape index (κ1) is 38.8. The maximum Gasteiger partial charge on any atom is 0.394 e. The summed E-state index contributed by atoms with van der Waals surface area (Å²) in [6, 6.07) is -4.08. The lowest BCUT2D eigenvalue weighted by Crippen LogP contribution is -2.66. The molecule has 262 valence electrons. The maximum atomic E-state index is 12.1. The smallest absolute Gasteiger partial charge is 0.394 e. The van der Waals surface area contributed by atoms with Crippen LogP contribution in [-0.4, -0.2) is 176 Å². The van der Waals surface area contributed by atoms with E-state index in [0.717, 1.165) is 0 Å². The molecule has 2 heterocycles. The van der Waals surface area contributed by atoms with Crippen LogP contribution in [0.4, 0.5) is 0 Å². The lowest BCUT2D eigenvalue weighted by molar-refractivity contribution is -0.314. The molecule has 1 unspecified atom stereocenters. The number of ether oxygens (including phenoxy) is 4. The highest BCUT2D eigenvalue weighted by Crippen LogP contribution is 2.38. The minimum absolute atomic E-state index is 0.140. The van der Waals surface area contributed by atoms with Gasteiger partial charge in [-0.25, -0.2) is 9.98 Å². The Hall–Kier alpha value is -2.40. The summed E-state index contributed by atoms with van der Waals surface area (Å²) >= 11 is 0. The molecule has 3 aliphatic rings. The van der Waals surface area contributed by atoms with Gasteiger partial charge in [-0.3, -0.25) is 13.9 Å². The second-order valence-electron chi connectivity index (χ2n) is 10.3. The van der Waals surface area contributed by atoms with Crippen molar-refractivity contribution in [3.05, 3.63) is 0 Å². The molecule has 0 amide bonds. The molecule has 1 aliphatic carbocycles. The first-order valence-corrected chi connectivity index (χ1v) is 14.5. The van der Waals surface area contributed by atoms with Crippen LogP contribution in [0, 0.1) is 0 Å². The second-order valence-corrected chi connectivity index (χ2v) is 11.2. The number of nitrogens with one attached hydrogen (secondary N) is 1. The molecule has 0 spiro atoms. The second kappa shape index (κ2) is 15.5. The van der Waals surface area contributed by atoms with Crippen molar-refractivity contribution in [2.75, 3.05) is 13.7 Å². The first-order chi connectivity index (χ1) is 20.7. The molecule has 18 N–H and O–H groups in total. The number of aldehydes is 1. The van der Waals surface area contributed by atoms with E-state index in [1.807, 2.05) is 0 Å². The standard InChI is InChI=1S/C21H39N7O12.H2O4S/c1-5-21(36,4-30)16(40-17-9(26-2)13(34)10(31)6(3-29)38-17)18(37-5)39-15-8(28-20(24)25)11(32)7(27-19(22)23)12(33)14(15)35;1-5(2,3)4/h4-18,26,29,31-36H,3H2,1-2H3,(H4,22,23,27)(H4,24,25,28);(H2,1,2,3,4)/t5-,6-,7-,8+,9-,10-,11-,12+,13-,14-,15?,16-,17-,18-,21+;/m1./s1. The van der Waals surface area contributed by atoms with Gasteiger partial charge in [0.05, 0.1) is 18.8 Å². The van der Waals surface area contributed by atoms with E-state index in [4.69, 9.17) is 59.4 Å². The van der Waals surface area contributed by atoms with Crippen LogP contribution in [0.3, 0.4) is 0 Å². The van der Waals surface area contributed by atoms with Crippen molar-refractivity contribution >= 4 is 28.6 Å². The number of guanidine groups is 2. The fraction of sp³-hybridized carbons (Fsp3) is 0.857. The van der Waals surface area contributed by atoms with Crippen LogP contribution < -0.4 is 28.3 Å². The van der Waals surface area contributed by atoms with E-state index in [0.29, 0.717) is 0 Å². The van der Waals surface area contributed by atoms with Crippen molar-refractivity contribution in [3.8, 4) is 0 Å². The molecule has 3 fully saturated rings. The van der Waals surface area contributed by atoms with Crippen molar-refractivity contribution in [2.45, 2.75) is 98.2 Å². The summed E-state index contributed by atoms with van der Waals surface area (Å²) in [7, 11) is -3.25. The van der Waals surface area contributed by atoms with Gasteiger partial charge in [0.1, 0.15) is 60.9 Å². The molecular weight excluding hydrogens is 638 g/mol. The number of carbonyl (C=O) groups is 1. The Bertz CT molecular complexity index is 1150. The molecule has 0 aromatic rings. The molecule has 0 bridgehead atoms. The van der Waals surface area contributed by atoms with E-state index in [9.17, 15) is 40.5 Å². The summed E-state index contributed by atoms with van der Waals surface area (Å²) in [5.41, 5.74) is 19.4. The lowest BCUT2D eigenvalue weighted by atomic mass is 9.81. The van der Waals surface area contributed by atoms with E-state index in [1.165, 1.54) is 14.0 Å². The van der Waals surface area contributed by atoms with Gasteiger partial charge in [-0.1, -0.05) is 0 Å². The zero-order chi connectivity index (χ0) is 34.6. The quantitative estimate of drug-likeness (QED) is 0.0465. The lowest BCUT2D eigenvalue weighted by Gasteiger charge is -2.45. The molecule has 15 atom stereocenters. The minimum Gasteiger partial charge on any atom is -0.394 e. The van der Waals surface area contributed by atoms with Gasteiger partial charge in [-0.05, 0) is 14.0 Å². The average molecular weight is 680 g/mol. The van der Waals surface area contributed by atoms with Gasteiger partial charge in [0.25, 0.3) is 0 Å². The number of aliphatic hydroxyl groups excluding tert-OH is 6. The topological polar surface area (TPSA) is 411 Å². The molecule has 1 saturated carbocycles. The Labute approximate surface area is 256 Å². The number of aliphatic hydroxyl groups is 7. The Morgan fingerprint density at radius 1 is 0.889 bits per heavy atom. The number of aliphatic imine (C=N–C) groups is 2. The third kappa shape index (κ3) is 9.11. The average Bonchev–Trinajstić information content (AvgIpc) is 3.16. The summed E-state index contributed by atoms with van der Waals surface area (Å²) in [4.78, 5) is 19.7. The van der Waals surface area contributed by atoms with Crippen LogP contribution in [0.5, 0.6) is 0 Å². The van der Waals surface area contributed by atoms with E-state index in [1.54, 1.807) is 0 Å². The monoisotopic (exact) mass is 679 g/mol. The summed E-state index contributed by atoms with van der Waals surface area (Å²) in [5, 5.41) is 76.6. The van der Waals surface area contributed by atoms with Crippen LogP contribution in [0.15, 0.2) is 9.98 Å². The van der Waals surface area contributed by atoms with E-state index >= 15 is 0 Å². The van der Waals surface area contributed by atoms with Crippen LogP contribution >= 0.6 is 0 Å². The van der Waals surface area contributed by atoms with E-state index in [2.05, 4.69) is 15.3 Å². The van der Waals surface area contributed by atoms with Crippen molar-refractivity contribution in [3.63, 3.8) is 0 Å². The molecule has 0 aromatic heterocycles. The Balaban J connectivity index is 0.00000130. The molecule has 2 aliphatic heterocycles. The van der Waals surface area contributed by atoms with Gasteiger partial charge >= 0.3 is 10.4 Å². The Kier molecular flexibility index (Phi) is 13.3. The van der Waals surface area contributed by atoms with Crippen molar-refractivity contribution in [1.82, 2.24) is 5.32 Å². The molecule has 45 heavy (non-hydrogen) atoms. The Morgan fingerprint density at radius 2 is 1.42 bits per heavy atom. The third-order valence-electron chi connectivity index (χ3n) is 7.34. The van der Waals surface area contributed by atoms with Crippen LogP contribution in [0.25, 0.3) is 0 Å². The first-order valence-electron chi connectivity index (χ1n) is 13.1. The van der Waals surface area contributed by atoms with Gasteiger partial charge in [0.2, 0.25) is 0 Å². The number of nitrogens with two attached hydrogens (primary N) is 4. The molecule has 2 saturated heterocycles. The number of nitrogens with zero attached hydrogens (tertiary/aromatic N) is 2. The normalized spacial score (nSPS) is 43.4. The van der Waals surface area contributed by atoms with Crippen molar-refractivity contribution in [1.29, 1.82) is 0 Å². The van der Waals surface area contributed by atoms with Gasteiger partial charge in [-0.15, -0.1) is 0 Å². The van der Waals surface area contributed by atoms with Gasteiger partial charge < -0.3 is 82.9 Å². The summed E-state index contributed by atoms with van der Waals surface area (Å²) in [5.74, 6) is -1.03. The zero-order valence-electron chi connectivity index (χ0n) is 23.9. The van der Waals surface area contributed by atoms with Crippen LogP contribution in [0.1, 0.15) is 6.92 Å². The molecule has 23 nitrogen and oxygen atoms in total. The molecule has 0 radical (unpaired) electrons. The Morgan fingerprint density at radius 3 is 1.89 bits per heavy atom. The summed E-state index contributed by atoms with van der Waals surface area (Å²) in [6.07, 6.45) is -17.3. The molecule has 0 aromatic carbocycles. The van der Waals surface area contributed by atoms with Gasteiger partial charge in [-0.2, -0.15) is 8.42 Å². The fourth-order valence-corrected chi connectivity index (χ4v) is 5.08. The van der Waals surface area contributed by atoms with E-state index in [-0.39, 0.29) is 6.29 Å². The molecule has 3 rings (SSSR count). The highest BCUT2D eigenvalue weighted by atomic mass is 32.3. The van der Waals surface area contributed by atoms with Gasteiger partial charge in [0.15, 0.2) is 36.4 Å². The number of likely N-dealkylation sites (N-methyl/N-ethyl adjacent to an activating group) is 1. The van der Waals surface area contributed by atoms with Crippen LogP contribution in [-0.2, 0) is 34.1 Å². The molecule has 24 heteroatoms. The SMILES string of the molecule is CN[C@H]1[C@@H](O[C@@H]2[C@@H](OC3[C@@H](N=C(N)N)[C@H](O)[C@@H](N=C(N)N)[C@H](O)[C@H]3O)O[C@H](C)[C@@]2(O)C=O)O[C@H](CO)[C@@H](O)[C@@H]1O.O=S(=O)(O)O.